The fraction of sp³-hybridized carbons (Fsp3) is 0.357. The van der Waals surface area contributed by atoms with Gasteiger partial charge in [0.1, 0.15) is 5.75 Å². The minimum absolute atomic E-state index is 0.128. The first-order valence-electron chi connectivity index (χ1n) is 5.56. The Balaban J connectivity index is 2.77. The summed E-state index contributed by atoms with van der Waals surface area (Å²) in [6.45, 7) is 10.7. The summed E-state index contributed by atoms with van der Waals surface area (Å²) in [6, 6.07) is 6.22. The van der Waals surface area contributed by atoms with Gasteiger partial charge < -0.3 is 4.74 Å². The largest absolute Gasteiger partial charge is 0.494 e. The van der Waals surface area contributed by atoms with Crippen molar-refractivity contribution in [3.8, 4) is 5.75 Å². The molecule has 1 unspecified atom stereocenters. The van der Waals surface area contributed by atoms with Crippen LogP contribution in [-0.4, -0.2) is 6.61 Å². The maximum atomic E-state index is 5.70. The van der Waals surface area contributed by atoms with Crippen molar-refractivity contribution in [1.82, 2.24) is 0 Å². The van der Waals surface area contributed by atoms with Gasteiger partial charge in [0.25, 0.3) is 0 Å². The van der Waals surface area contributed by atoms with Gasteiger partial charge in [-0.3, -0.25) is 0 Å². The van der Waals surface area contributed by atoms with Gasteiger partial charge in [-0.25, -0.2) is 0 Å². The Hall–Kier alpha value is -0.510. The lowest BCUT2D eigenvalue weighted by molar-refractivity contribution is 0.309. The molecule has 1 radical (unpaired) electrons. The van der Waals surface area contributed by atoms with Gasteiger partial charge in [0.05, 0.1) is 6.61 Å². The fourth-order valence-corrected chi connectivity index (χ4v) is 2.02. The quantitative estimate of drug-likeness (QED) is 0.422. The third-order valence-electron chi connectivity index (χ3n) is 2.37. The van der Waals surface area contributed by atoms with E-state index < -0.39 is 0 Å². The predicted molar refractivity (Wildman–Crippen MR) is 77.9 cm³/mol. The Morgan fingerprint density at radius 2 is 2.19 bits per heavy atom. The number of rotatable bonds is 6. The van der Waals surface area contributed by atoms with E-state index in [4.69, 9.17) is 4.74 Å². The zero-order valence-electron chi connectivity index (χ0n) is 9.71. The van der Waals surface area contributed by atoms with Crippen LogP contribution in [0.15, 0.2) is 30.9 Å². The van der Waals surface area contributed by atoms with E-state index in [1.165, 1.54) is 3.57 Å². The SMILES string of the molecule is [CH2]C(C=C)c1cc(I)cc(OCCCC)c1. The lowest BCUT2D eigenvalue weighted by Crippen LogP contribution is -1.98. The van der Waals surface area contributed by atoms with Crippen molar-refractivity contribution in [1.29, 1.82) is 0 Å². The summed E-state index contributed by atoms with van der Waals surface area (Å²) in [4.78, 5) is 0. The average Bonchev–Trinajstić information content (AvgIpc) is 2.27. The Labute approximate surface area is 112 Å². The van der Waals surface area contributed by atoms with Crippen molar-refractivity contribution in [3.05, 3.63) is 46.9 Å². The van der Waals surface area contributed by atoms with Crippen LogP contribution in [0.1, 0.15) is 31.2 Å². The first-order chi connectivity index (χ1) is 7.67. The molecule has 2 heteroatoms. The summed E-state index contributed by atoms with van der Waals surface area (Å²) in [5, 5.41) is 0. The Bertz CT molecular complexity index is 347. The minimum atomic E-state index is 0.128. The summed E-state index contributed by atoms with van der Waals surface area (Å²) in [6.07, 6.45) is 4.10. The molecule has 87 valence electrons. The van der Waals surface area contributed by atoms with Crippen molar-refractivity contribution in [2.45, 2.75) is 25.7 Å². The van der Waals surface area contributed by atoms with E-state index in [2.05, 4.69) is 61.2 Å². The van der Waals surface area contributed by atoms with Crippen molar-refractivity contribution >= 4 is 22.6 Å². The second-order valence-electron chi connectivity index (χ2n) is 3.76. The zero-order valence-corrected chi connectivity index (χ0v) is 11.9. The highest BCUT2D eigenvalue weighted by atomic mass is 127. The van der Waals surface area contributed by atoms with E-state index in [-0.39, 0.29) is 5.92 Å². The molecule has 0 spiro atoms. The number of halogens is 1. The van der Waals surface area contributed by atoms with Crippen molar-refractivity contribution in [2.24, 2.45) is 0 Å². The summed E-state index contributed by atoms with van der Waals surface area (Å²) in [7, 11) is 0. The van der Waals surface area contributed by atoms with Crippen molar-refractivity contribution in [2.75, 3.05) is 6.61 Å². The zero-order chi connectivity index (χ0) is 12.0. The van der Waals surface area contributed by atoms with Crippen LogP contribution < -0.4 is 4.74 Å². The lowest BCUT2D eigenvalue weighted by Gasteiger charge is -2.11. The predicted octanol–water partition coefficient (Wildman–Crippen LogP) is 4.57. The molecular weight excluding hydrogens is 311 g/mol. The monoisotopic (exact) mass is 329 g/mol. The number of hydrogen-bond acceptors (Lipinski definition) is 1. The summed E-state index contributed by atoms with van der Waals surface area (Å²) < 4.78 is 6.87. The first kappa shape index (κ1) is 13.6. The van der Waals surface area contributed by atoms with Crippen LogP contribution in [0.4, 0.5) is 0 Å². The van der Waals surface area contributed by atoms with Gasteiger partial charge in [0, 0.05) is 9.49 Å². The van der Waals surface area contributed by atoms with E-state index in [0.29, 0.717) is 0 Å². The van der Waals surface area contributed by atoms with Crippen molar-refractivity contribution < 1.29 is 4.74 Å². The molecule has 16 heavy (non-hydrogen) atoms. The van der Waals surface area contributed by atoms with Gasteiger partial charge in [0.15, 0.2) is 0 Å². The Morgan fingerprint density at radius 3 is 2.81 bits per heavy atom. The molecule has 0 aliphatic rings. The number of ether oxygens (including phenoxy) is 1. The molecule has 1 aromatic rings. The number of unbranched alkanes of at least 4 members (excludes halogenated alkanes) is 1. The van der Waals surface area contributed by atoms with Crippen LogP contribution in [0.5, 0.6) is 5.75 Å². The smallest absolute Gasteiger partial charge is 0.120 e. The molecule has 0 fully saturated rings. The molecule has 0 aliphatic carbocycles. The van der Waals surface area contributed by atoms with Gasteiger partial charge >= 0.3 is 0 Å². The van der Waals surface area contributed by atoms with Crippen LogP contribution in [0, 0.1) is 10.5 Å². The van der Waals surface area contributed by atoms with E-state index in [1.54, 1.807) is 0 Å². The van der Waals surface area contributed by atoms with Crippen LogP contribution in [0.3, 0.4) is 0 Å². The maximum Gasteiger partial charge on any atom is 0.120 e. The molecule has 0 aliphatic heterocycles. The van der Waals surface area contributed by atoms with Crippen LogP contribution in [0.25, 0.3) is 0 Å². The molecule has 1 atom stereocenters. The Kier molecular flexibility index (Phi) is 5.88. The Morgan fingerprint density at radius 1 is 1.44 bits per heavy atom. The van der Waals surface area contributed by atoms with Gasteiger partial charge in [-0.05, 0) is 59.7 Å². The first-order valence-corrected chi connectivity index (χ1v) is 6.64. The normalized spacial score (nSPS) is 12.2. The number of benzene rings is 1. The van der Waals surface area contributed by atoms with Crippen LogP contribution in [0.2, 0.25) is 0 Å². The molecule has 0 amide bonds. The third kappa shape index (κ3) is 4.16. The molecule has 0 saturated heterocycles. The minimum Gasteiger partial charge on any atom is -0.494 e. The second-order valence-corrected chi connectivity index (χ2v) is 5.01. The standard InChI is InChI=1S/C14H18IO/c1-4-6-7-16-14-9-12(11(3)5-2)8-13(15)10-14/h5,8-11H,2-4,6-7H2,1H3. The molecule has 1 nitrogen and oxygen atoms in total. The molecule has 1 aromatic carbocycles. The average molecular weight is 329 g/mol. The van der Waals surface area contributed by atoms with E-state index in [1.807, 2.05) is 6.08 Å². The van der Waals surface area contributed by atoms with Gasteiger partial charge in [-0.2, -0.15) is 0 Å². The molecule has 0 bridgehead atoms. The molecule has 0 saturated carbocycles. The highest BCUT2D eigenvalue weighted by Crippen LogP contribution is 2.24. The lowest BCUT2D eigenvalue weighted by atomic mass is 10.0. The van der Waals surface area contributed by atoms with Gasteiger partial charge in [-0.1, -0.05) is 19.4 Å². The van der Waals surface area contributed by atoms with Crippen molar-refractivity contribution in [3.63, 3.8) is 0 Å². The van der Waals surface area contributed by atoms with E-state index >= 15 is 0 Å². The third-order valence-corrected chi connectivity index (χ3v) is 3.00. The summed E-state index contributed by atoms with van der Waals surface area (Å²) in [5.74, 6) is 1.06. The fourth-order valence-electron chi connectivity index (χ4n) is 1.35. The van der Waals surface area contributed by atoms with Gasteiger partial charge in [-0.15, -0.1) is 6.58 Å². The summed E-state index contributed by atoms with van der Waals surface area (Å²) in [5.41, 5.74) is 1.16. The molecule has 0 N–H and O–H groups in total. The molecular formula is C14H18IO. The second kappa shape index (κ2) is 6.94. The van der Waals surface area contributed by atoms with E-state index in [9.17, 15) is 0 Å². The molecule has 0 heterocycles. The topological polar surface area (TPSA) is 9.23 Å². The maximum absolute atomic E-state index is 5.70. The summed E-state index contributed by atoms with van der Waals surface area (Å²) >= 11 is 2.30. The highest BCUT2D eigenvalue weighted by Gasteiger charge is 2.05. The molecule has 1 rings (SSSR count). The van der Waals surface area contributed by atoms with Gasteiger partial charge in [0.2, 0.25) is 0 Å². The number of allylic oxidation sites excluding steroid dienone is 1. The van der Waals surface area contributed by atoms with E-state index in [0.717, 1.165) is 30.8 Å². The highest BCUT2D eigenvalue weighted by molar-refractivity contribution is 14.1. The van der Waals surface area contributed by atoms with Crippen LogP contribution >= 0.6 is 22.6 Å². The molecule has 0 aromatic heterocycles. The number of hydrogen-bond donors (Lipinski definition) is 0. The van der Waals surface area contributed by atoms with Crippen LogP contribution in [-0.2, 0) is 0 Å².